The summed E-state index contributed by atoms with van der Waals surface area (Å²) in [5, 5.41) is 20.8. The second-order valence-electron chi connectivity index (χ2n) is 13.8. The number of carboxylic acid groups (broad SMARTS) is 2. The van der Waals surface area contributed by atoms with Gasteiger partial charge in [-0.05, 0) is 72.5 Å². The second kappa shape index (κ2) is 16.5. The number of aliphatic carboxylic acids is 2. The topological polar surface area (TPSA) is 171 Å². The number of carbonyl (C=O) groups excluding carboxylic acids is 2. The lowest BCUT2D eigenvalue weighted by Crippen LogP contribution is -2.64. The Morgan fingerprint density at radius 1 is 0.536 bits per heavy atom. The molecule has 56 heavy (non-hydrogen) atoms. The first kappa shape index (κ1) is 37.9. The Kier molecular flexibility index (Phi) is 11.2. The molecule has 0 unspecified atom stereocenters. The van der Waals surface area contributed by atoms with Crippen molar-refractivity contribution in [3.63, 3.8) is 0 Å². The summed E-state index contributed by atoms with van der Waals surface area (Å²) in [5.74, 6) is -5.23. The van der Waals surface area contributed by atoms with E-state index in [9.17, 15) is 29.4 Å². The van der Waals surface area contributed by atoms with Crippen LogP contribution in [0.15, 0.2) is 84.9 Å². The van der Waals surface area contributed by atoms with Crippen LogP contribution >= 0.6 is 0 Å². The number of benzene rings is 4. The lowest BCUT2D eigenvalue weighted by atomic mass is 9.55. The molecule has 0 spiro atoms. The monoisotopic (exact) mass is 766 g/mol. The third-order valence-corrected chi connectivity index (χ3v) is 10.1. The summed E-state index contributed by atoms with van der Waals surface area (Å²) < 4.78 is 33.4. The van der Waals surface area contributed by atoms with Crippen molar-refractivity contribution in [2.45, 2.75) is 39.8 Å². The summed E-state index contributed by atoms with van der Waals surface area (Å²) in [4.78, 5) is 56.7. The number of hydrogen-bond acceptors (Lipinski definition) is 10. The Morgan fingerprint density at radius 3 is 1.25 bits per heavy atom. The molecule has 0 saturated heterocycles. The number of fused-ring (bicyclic) bond motifs is 2. The molecule has 7 rings (SSSR count). The van der Waals surface area contributed by atoms with Crippen LogP contribution in [0.5, 0.6) is 46.0 Å². The molecule has 4 aromatic carbocycles. The first-order valence-electron chi connectivity index (χ1n) is 18.5. The quantitative estimate of drug-likeness (QED) is 0.126. The molecule has 3 aliphatic rings. The number of carboxylic acids is 2. The summed E-state index contributed by atoms with van der Waals surface area (Å²) in [6.07, 6.45) is 1.10. The van der Waals surface area contributed by atoms with Crippen molar-refractivity contribution in [1.82, 2.24) is 9.80 Å². The van der Waals surface area contributed by atoms with E-state index in [1.165, 1.54) is 9.80 Å². The number of amides is 2. The molecule has 2 heterocycles. The number of hydrogen-bond donors (Lipinski definition) is 2. The van der Waals surface area contributed by atoms with E-state index in [0.717, 1.165) is 11.1 Å². The predicted octanol–water partition coefficient (Wildman–Crippen LogP) is 6.55. The van der Waals surface area contributed by atoms with Crippen LogP contribution in [0, 0.1) is 23.7 Å². The van der Waals surface area contributed by atoms with Gasteiger partial charge >= 0.3 is 11.9 Å². The Bertz CT molecular complexity index is 1930. The van der Waals surface area contributed by atoms with Crippen LogP contribution in [0.4, 0.5) is 0 Å². The minimum absolute atomic E-state index is 0.112. The number of nitrogens with zero attached hydrogens (tertiary/aromatic N) is 2. The SMILES string of the molecule is CCCN(Cc1ccc(Oc2ccc3c(c2)OCO3)cc1)C(=O)[C@H]1[C@H](C(=O)O)[C@H](C(=O)N(CCC)Cc2ccc(Oc3ccc4c(c3)OCO4)cc2)[C@H]1C(=O)O. The van der Waals surface area contributed by atoms with Crippen molar-refractivity contribution in [1.29, 1.82) is 0 Å². The van der Waals surface area contributed by atoms with Crippen LogP contribution in [-0.4, -0.2) is 70.4 Å². The van der Waals surface area contributed by atoms with Crippen molar-refractivity contribution in [2.24, 2.45) is 23.7 Å². The number of carbonyl (C=O) groups is 4. The van der Waals surface area contributed by atoms with E-state index in [0.29, 0.717) is 58.8 Å². The van der Waals surface area contributed by atoms with Gasteiger partial charge in [-0.2, -0.15) is 0 Å². The Balaban J connectivity index is 1.03. The lowest BCUT2D eigenvalue weighted by molar-refractivity contribution is -0.187. The van der Waals surface area contributed by atoms with Crippen molar-refractivity contribution in [3.8, 4) is 46.0 Å². The van der Waals surface area contributed by atoms with Gasteiger partial charge in [0.2, 0.25) is 25.4 Å². The first-order chi connectivity index (χ1) is 27.1. The molecule has 2 N–H and O–H groups in total. The van der Waals surface area contributed by atoms with E-state index in [4.69, 9.17) is 28.4 Å². The molecule has 14 nitrogen and oxygen atoms in total. The van der Waals surface area contributed by atoms with Gasteiger partial charge < -0.3 is 48.4 Å². The van der Waals surface area contributed by atoms with Crippen LogP contribution < -0.4 is 28.4 Å². The van der Waals surface area contributed by atoms with E-state index in [2.05, 4.69) is 0 Å². The zero-order valence-electron chi connectivity index (χ0n) is 30.9. The van der Waals surface area contributed by atoms with Crippen LogP contribution in [0.1, 0.15) is 37.8 Å². The van der Waals surface area contributed by atoms with E-state index < -0.39 is 47.4 Å². The Morgan fingerprint density at radius 2 is 0.893 bits per heavy atom. The lowest BCUT2D eigenvalue weighted by Gasteiger charge is -2.48. The molecule has 0 radical (unpaired) electrons. The normalized spacial score (nSPS) is 18.8. The van der Waals surface area contributed by atoms with Gasteiger partial charge in [-0.3, -0.25) is 19.2 Å². The summed E-state index contributed by atoms with van der Waals surface area (Å²) in [7, 11) is 0. The third-order valence-electron chi connectivity index (χ3n) is 10.1. The summed E-state index contributed by atoms with van der Waals surface area (Å²) >= 11 is 0. The van der Waals surface area contributed by atoms with Gasteiger partial charge in [0.05, 0.1) is 23.7 Å². The standard InChI is InChI=1S/C42H42N2O12/c1-3-17-43(21-25-5-9-27(10-6-25)55-29-13-15-31-33(19-29)53-23-51-31)39(45)35-37(41(47)48)36(38(35)42(49)50)40(46)44(18-4-2)22-26-7-11-28(12-8-26)56-30-14-16-32-34(20-30)54-24-52-32/h5-16,19-20,35-38H,3-4,17-18,21-24H2,1-2H3,(H,47,48)(H,49,50)/t35-,36-,37-,38-. The number of rotatable bonds is 16. The molecule has 0 aromatic heterocycles. The highest BCUT2D eigenvalue weighted by atomic mass is 16.7. The Hall–Kier alpha value is -6.44. The highest BCUT2D eigenvalue weighted by molar-refractivity contribution is 5.99. The van der Waals surface area contributed by atoms with Gasteiger partial charge in [0.25, 0.3) is 0 Å². The molecule has 1 aliphatic carbocycles. The van der Waals surface area contributed by atoms with E-state index >= 15 is 0 Å². The maximum Gasteiger partial charge on any atom is 0.308 e. The van der Waals surface area contributed by atoms with Crippen LogP contribution in [0.25, 0.3) is 0 Å². The fourth-order valence-electron chi connectivity index (χ4n) is 7.39. The van der Waals surface area contributed by atoms with E-state index in [1.54, 1.807) is 84.9 Å². The van der Waals surface area contributed by atoms with Gasteiger partial charge in [0.15, 0.2) is 23.0 Å². The van der Waals surface area contributed by atoms with Gasteiger partial charge in [-0.25, -0.2) is 0 Å². The summed E-state index contributed by atoms with van der Waals surface area (Å²) in [6, 6.07) is 24.6. The molecule has 0 atom stereocenters. The minimum atomic E-state index is -1.51. The van der Waals surface area contributed by atoms with Gasteiger partial charge in [0.1, 0.15) is 23.0 Å². The van der Waals surface area contributed by atoms with Crippen LogP contribution in [-0.2, 0) is 32.3 Å². The molecule has 14 heteroatoms. The molecule has 2 amide bonds. The molecule has 292 valence electrons. The largest absolute Gasteiger partial charge is 0.481 e. The van der Waals surface area contributed by atoms with Crippen LogP contribution in [0.2, 0.25) is 0 Å². The molecule has 1 fully saturated rings. The summed E-state index contributed by atoms with van der Waals surface area (Å²) in [5.41, 5.74) is 1.47. The highest BCUT2D eigenvalue weighted by Gasteiger charge is 2.64. The smallest absolute Gasteiger partial charge is 0.308 e. The predicted molar refractivity (Wildman–Crippen MR) is 199 cm³/mol. The zero-order valence-corrected chi connectivity index (χ0v) is 30.9. The van der Waals surface area contributed by atoms with E-state index in [-0.39, 0.29) is 39.8 Å². The zero-order chi connectivity index (χ0) is 39.3. The maximum atomic E-state index is 14.1. The van der Waals surface area contributed by atoms with Crippen LogP contribution in [0.3, 0.4) is 0 Å². The molecule has 4 aromatic rings. The van der Waals surface area contributed by atoms with Crippen molar-refractivity contribution < 1.29 is 57.8 Å². The third kappa shape index (κ3) is 7.99. The van der Waals surface area contributed by atoms with Crippen molar-refractivity contribution in [2.75, 3.05) is 26.7 Å². The van der Waals surface area contributed by atoms with Gasteiger partial charge in [-0.15, -0.1) is 0 Å². The fraction of sp³-hybridized carbons (Fsp3) is 0.333. The Labute approximate surface area is 323 Å². The maximum absolute atomic E-state index is 14.1. The van der Waals surface area contributed by atoms with Crippen molar-refractivity contribution in [3.05, 3.63) is 96.1 Å². The fourth-order valence-corrected chi connectivity index (χ4v) is 7.39. The minimum Gasteiger partial charge on any atom is -0.481 e. The first-order valence-corrected chi connectivity index (χ1v) is 18.5. The highest BCUT2D eigenvalue weighted by Crippen LogP contribution is 2.49. The molecule has 2 aliphatic heterocycles. The molecule has 0 bridgehead atoms. The van der Waals surface area contributed by atoms with E-state index in [1.807, 2.05) is 13.8 Å². The average molecular weight is 767 g/mol. The van der Waals surface area contributed by atoms with Gasteiger partial charge in [-0.1, -0.05) is 38.1 Å². The average Bonchev–Trinajstić information content (AvgIpc) is 3.84. The summed E-state index contributed by atoms with van der Waals surface area (Å²) in [6.45, 7) is 4.79. The molecular weight excluding hydrogens is 724 g/mol. The molecular formula is C42H42N2O12. The second-order valence-corrected chi connectivity index (χ2v) is 13.8. The number of ether oxygens (including phenoxy) is 6. The van der Waals surface area contributed by atoms with Crippen molar-refractivity contribution >= 4 is 23.8 Å². The van der Waals surface area contributed by atoms with Gasteiger partial charge in [0, 0.05) is 38.3 Å². The molecule has 1 saturated carbocycles.